The van der Waals surface area contributed by atoms with E-state index in [-0.39, 0.29) is 42.7 Å². The van der Waals surface area contributed by atoms with E-state index in [0.29, 0.717) is 28.2 Å². The lowest BCUT2D eigenvalue weighted by Crippen LogP contribution is -2.31. The summed E-state index contributed by atoms with van der Waals surface area (Å²) in [5, 5.41) is 19.2. The van der Waals surface area contributed by atoms with Crippen LogP contribution < -0.4 is 0 Å². The van der Waals surface area contributed by atoms with Crippen LogP contribution in [0.4, 0.5) is 0 Å². The van der Waals surface area contributed by atoms with Crippen LogP contribution in [-0.2, 0) is 22.6 Å². The molecule has 0 bridgehead atoms. The van der Waals surface area contributed by atoms with Gasteiger partial charge in [0.05, 0.1) is 42.0 Å². The van der Waals surface area contributed by atoms with Crippen LogP contribution in [0.5, 0.6) is 0 Å². The summed E-state index contributed by atoms with van der Waals surface area (Å²) < 4.78 is 13.0. The Balaban J connectivity index is 1.09. The van der Waals surface area contributed by atoms with Crippen LogP contribution in [0.25, 0.3) is 11.1 Å². The van der Waals surface area contributed by atoms with E-state index in [9.17, 15) is 24.6 Å². The van der Waals surface area contributed by atoms with Crippen molar-refractivity contribution in [3.05, 3.63) is 160 Å². The third-order valence-electron chi connectivity index (χ3n) is 8.82. The molecular formula is C40H33NO7S. The fourth-order valence-corrected chi connectivity index (χ4v) is 7.29. The van der Waals surface area contributed by atoms with Gasteiger partial charge in [-0.25, -0.2) is 4.79 Å². The number of hydrogen-bond donors (Lipinski definition) is 2. The van der Waals surface area contributed by atoms with Crippen molar-refractivity contribution in [3.63, 3.8) is 0 Å². The molecule has 0 unspecified atom stereocenters. The standard InChI is InChI=1S/C40H33NO7S/c42-23-25-12-14-28(15-13-25)35-21-31(24-49-36-11-4-3-10-34(36)39(45)46)47-40(48-35)29-18-16-27(17-19-29)30-7-5-6-26(20-30)22-41-37(43)32-8-1-2-9-33(32)38(41)44/h1-20,31,35,40,42H,21-24H2,(H,45,46)/t31-,35+,40+/m0/s1. The van der Waals surface area contributed by atoms with Gasteiger partial charge in [0.15, 0.2) is 6.29 Å². The molecule has 2 heterocycles. The van der Waals surface area contributed by atoms with Crippen molar-refractivity contribution in [1.29, 1.82) is 0 Å². The normalized spacial score (nSPS) is 18.8. The van der Waals surface area contributed by atoms with Gasteiger partial charge in [0, 0.05) is 22.6 Å². The average molecular weight is 672 g/mol. The van der Waals surface area contributed by atoms with Gasteiger partial charge in [-0.1, -0.05) is 91.0 Å². The second-order valence-electron chi connectivity index (χ2n) is 12.0. The molecule has 1 saturated heterocycles. The lowest BCUT2D eigenvalue weighted by molar-refractivity contribution is -0.245. The molecule has 0 spiro atoms. The maximum atomic E-state index is 12.9. The van der Waals surface area contributed by atoms with Crippen LogP contribution in [0.2, 0.25) is 0 Å². The maximum absolute atomic E-state index is 12.9. The highest BCUT2D eigenvalue weighted by atomic mass is 32.2. The summed E-state index contributed by atoms with van der Waals surface area (Å²) in [7, 11) is 0. The molecule has 49 heavy (non-hydrogen) atoms. The van der Waals surface area contributed by atoms with Gasteiger partial charge in [-0.15, -0.1) is 11.8 Å². The van der Waals surface area contributed by atoms with Gasteiger partial charge < -0.3 is 19.7 Å². The Morgan fingerprint density at radius 2 is 1.41 bits per heavy atom. The molecule has 7 rings (SSSR count). The minimum absolute atomic E-state index is 0.0438. The van der Waals surface area contributed by atoms with Gasteiger partial charge >= 0.3 is 5.97 Å². The third kappa shape index (κ3) is 6.93. The van der Waals surface area contributed by atoms with Gasteiger partial charge in [-0.2, -0.15) is 0 Å². The smallest absolute Gasteiger partial charge is 0.336 e. The maximum Gasteiger partial charge on any atom is 0.336 e. The number of benzene rings is 5. The SMILES string of the molecule is O=C(O)c1ccccc1SC[C@@H]1C[C@H](c2ccc(CO)cc2)O[C@H](c2ccc(-c3cccc(CN4C(=O)c5ccccc5C4=O)c3)cc2)O1. The largest absolute Gasteiger partial charge is 0.478 e. The van der Waals surface area contributed by atoms with E-state index in [1.54, 1.807) is 36.4 Å². The number of imide groups is 1. The minimum atomic E-state index is -0.968. The summed E-state index contributed by atoms with van der Waals surface area (Å²) in [4.78, 5) is 39.6. The van der Waals surface area contributed by atoms with Crippen LogP contribution in [0.1, 0.15) is 72.1 Å². The molecule has 8 nitrogen and oxygen atoms in total. The zero-order valence-electron chi connectivity index (χ0n) is 26.4. The molecule has 1 fully saturated rings. The summed E-state index contributed by atoms with van der Waals surface area (Å²) in [6.07, 6.45) is -0.586. The Hall–Kier alpha value is -5.06. The van der Waals surface area contributed by atoms with Crippen molar-refractivity contribution in [1.82, 2.24) is 4.90 Å². The molecule has 0 saturated carbocycles. The second kappa shape index (κ2) is 14.2. The van der Waals surface area contributed by atoms with E-state index in [0.717, 1.165) is 33.4 Å². The molecule has 246 valence electrons. The quantitative estimate of drug-likeness (QED) is 0.115. The molecule has 2 amide bonds. The van der Waals surface area contributed by atoms with Gasteiger partial charge in [0.2, 0.25) is 0 Å². The van der Waals surface area contributed by atoms with Crippen molar-refractivity contribution in [2.75, 3.05) is 5.75 Å². The first-order valence-electron chi connectivity index (χ1n) is 16.0. The van der Waals surface area contributed by atoms with Crippen molar-refractivity contribution in [2.24, 2.45) is 0 Å². The fraction of sp³-hybridized carbons (Fsp3) is 0.175. The summed E-state index contributed by atoms with van der Waals surface area (Å²) in [5.41, 5.74) is 6.49. The Morgan fingerprint density at radius 3 is 2.10 bits per heavy atom. The number of hydrogen-bond acceptors (Lipinski definition) is 7. The number of thioether (sulfide) groups is 1. The number of carboxylic acid groups (broad SMARTS) is 1. The van der Waals surface area contributed by atoms with E-state index in [1.807, 2.05) is 84.9 Å². The first-order valence-corrected chi connectivity index (χ1v) is 17.0. The van der Waals surface area contributed by atoms with Crippen molar-refractivity contribution in [3.8, 4) is 11.1 Å². The number of carbonyl (C=O) groups is 3. The highest BCUT2D eigenvalue weighted by Gasteiger charge is 2.35. The average Bonchev–Trinajstić information content (AvgIpc) is 3.38. The zero-order chi connectivity index (χ0) is 33.9. The number of aliphatic hydroxyl groups excluding tert-OH is 1. The fourth-order valence-electron chi connectivity index (χ4n) is 6.22. The van der Waals surface area contributed by atoms with E-state index in [4.69, 9.17) is 9.47 Å². The Kier molecular flexibility index (Phi) is 9.41. The zero-order valence-corrected chi connectivity index (χ0v) is 27.2. The highest BCUT2D eigenvalue weighted by molar-refractivity contribution is 7.99. The second-order valence-corrected chi connectivity index (χ2v) is 13.1. The van der Waals surface area contributed by atoms with E-state index in [1.165, 1.54) is 16.7 Å². The van der Waals surface area contributed by atoms with Crippen LogP contribution in [0.15, 0.2) is 126 Å². The first-order chi connectivity index (χ1) is 23.9. The van der Waals surface area contributed by atoms with Crippen LogP contribution in [0, 0.1) is 0 Å². The number of aliphatic hydroxyl groups is 1. The third-order valence-corrected chi connectivity index (χ3v) is 10.0. The van der Waals surface area contributed by atoms with Crippen LogP contribution >= 0.6 is 11.8 Å². The number of nitrogens with zero attached hydrogens (tertiary/aromatic N) is 1. The van der Waals surface area contributed by atoms with Crippen LogP contribution in [0.3, 0.4) is 0 Å². The number of aromatic carboxylic acids is 1. The number of rotatable bonds is 10. The summed E-state index contributed by atoms with van der Waals surface area (Å²) in [6, 6.07) is 37.3. The number of carboxylic acids is 1. The molecule has 2 aliphatic rings. The summed E-state index contributed by atoms with van der Waals surface area (Å²) in [5.74, 6) is -1.00. The summed E-state index contributed by atoms with van der Waals surface area (Å²) in [6.45, 7) is 0.136. The van der Waals surface area contributed by atoms with E-state index in [2.05, 4.69) is 0 Å². The minimum Gasteiger partial charge on any atom is -0.478 e. The molecule has 3 atom stereocenters. The van der Waals surface area contributed by atoms with Crippen LogP contribution in [-0.4, -0.2) is 44.8 Å². The first kappa shape index (κ1) is 32.5. The molecule has 5 aromatic rings. The van der Waals surface area contributed by atoms with Crippen molar-refractivity contribution >= 4 is 29.5 Å². The summed E-state index contributed by atoms with van der Waals surface area (Å²) >= 11 is 1.45. The number of ether oxygens (including phenoxy) is 2. The molecule has 0 aliphatic carbocycles. The number of carbonyl (C=O) groups excluding carboxylic acids is 2. The topological polar surface area (TPSA) is 113 Å². The molecule has 5 aromatic carbocycles. The number of fused-ring (bicyclic) bond motifs is 1. The lowest BCUT2D eigenvalue weighted by atomic mass is 9.99. The molecule has 0 radical (unpaired) electrons. The van der Waals surface area contributed by atoms with Crippen molar-refractivity contribution < 1.29 is 34.1 Å². The number of amides is 2. The Labute approximate surface area is 287 Å². The monoisotopic (exact) mass is 671 g/mol. The molecule has 0 aromatic heterocycles. The molecular weight excluding hydrogens is 639 g/mol. The predicted octanol–water partition coefficient (Wildman–Crippen LogP) is 7.68. The molecule has 2 aliphatic heterocycles. The van der Waals surface area contributed by atoms with Gasteiger partial charge in [-0.05, 0) is 58.1 Å². The van der Waals surface area contributed by atoms with E-state index < -0.39 is 12.3 Å². The Bertz CT molecular complexity index is 1980. The lowest BCUT2D eigenvalue weighted by Gasteiger charge is -2.36. The van der Waals surface area contributed by atoms with Gasteiger partial charge in [-0.3, -0.25) is 14.5 Å². The van der Waals surface area contributed by atoms with E-state index >= 15 is 0 Å². The molecule has 9 heteroatoms. The van der Waals surface area contributed by atoms with Gasteiger partial charge in [0.1, 0.15) is 0 Å². The Morgan fingerprint density at radius 1 is 0.735 bits per heavy atom. The predicted molar refractivity (Wildman–Crippen MR) is 185 cm³/mol. The highest BCUT2D eigenvalue weighted by Crippen LogP contribution is 2.40. The molecule has 2 N–H and O–H groups in total. The van der Waals surface area contributed by atoms with Gasteiger partial charge in [0.25, 0.3) is 11.8 Å². The van der Waals surface area contributed by atoms with Crippen molar-refractivity contribution in [2.45, 2.75) is 43.0 Å².